The lowest BCUT2D eigenvalue weighted by Gasteiger charge is -2.27. The normalized spacial score (nSPS) is 17.5. The van der Waals surface area contributed by atoms with E-state index in [0.29, 0.717) is 28.8 Å². The molecule has 26 heavy (non-hydrogen) atoms. The number of aryl methyl sites for hydroxylation is 1. The number of imidazole rings is 1. The number of hydrogen-bond acceptors (Lipinski definition) is 3. The Morgan fingerprint density at radius 1 is 1.27 bits per heavy atom. The second-order valence-corrected chi connectivity index (χ2v) is 6.54. The minimum absolute atomic E-state index is 0.178. The highest BCUT2D eigenvalue weighted by atomic mass is 19.4. The molecule has 0 saturated carbocycles. The van der Waals surface area contributed by atoms with Crippen molar-refractivity contribution in [3.8, 4) is 11.1 Å². The van der Waals surface area contributed by atoms with E-state index in [0.717, 1.165) is 25.1 Å². The molecule has 136 valence electrons. The fourth-order valence-electron chi connectivity index (χ4n) is 3.21. The van der Waals surface area contributed by atoms with Crippen molar-refractivity contribution in [1.29, 1.82) is 0 Å². The number of pyridine rings is 1. The molecule has 5 nitrogen and oxygen atoms in total. The Hall–Kier alpha value is -2.61. The molecule has 0 radical (unpaired) electrons. The average Bonchev–Trinajstić information content (AvgIpc) is 2.81. The predicted octanol–water partition coefficient (Wildman–Crippen LogP) is 2.78. The first-order valence-electron chi connectivity index (χ1n) is 8.31. The molecule has 1 atom stereocenters. The zero-order valence-corrected chi connectivity index (χ0v) is 14.0. The minimum Gasteiger partial charge on any atom is -0.312 e. The van der Waals surface area contributed by atoms with Gasteiger partial charge in [0.25, 0.3) is 0 Å². The molecule has 0 aliphatic carbocycles. The summed E-state index contributed by atoms with van der Waals surface area (Å²) < 4.78 is 42.0. The van der Waals surface area contributed by atoms with E-state index in [2.05, 4.69) is 10.3 Å². The van der Waals surface area contributed by atoms with Crippen LogP contribution in [0.2, 0.25) is 0 Å². The molecule has 4 rings (SSSR count). The molecule has 0 amide bonds. The number of fused-ring (bicyclic) bond motifs is 1. The Bertz CT molecular complexity index is 1030. The molecule has 1 aliphatic rings. The van der Waals surface area contributed by atoms with Gasteiger partial charge in [0, 0.05) is 31.4 Å². The van der Waals surface area contributed by atoms with Gasteiger partial charge in [-0.25, -0.2) is 9.78 Å². The number of benzene rings is 1. The summed E-state index contributed by atoms with van der Waals surface area (Å²) in [6.45, 7) is 1.45. The summed E-state index contributed by atoms with van der Waals surface area (Å²) in [7, 11) is 1.65. The van der Waals surface area contributed by atoms with Crippen LogP contribution in [0.15, 0.2) is 41.3 Å². The monoisotopic (exact) mass is 362 g/mol. The summed E-state index contributed by atoms with van der Waals surface area (Å²) in [6, 6.07) is 7.08. The van der Waals surface area contributed by atoms with Gasteiger partial charge in [0.05, 0.1) is 11.1 Å². The summed E-state index contributed by atoms with van der Waals surface area (Å²) in [4.78, 5) is 16.8. The Morgan fingerprint density at radius 2 is 2.04 bits per heavy atom. The van der Waals surface area contributed by atoms with Gasteiger partial charge in [-0.3, -0.25) is 9.13 Å². The average molecular weight is 362 g/mol. The summed E-state index contributed by atoms with van der Waals surface area (Å²) >= 11 is 0. The minimum atomic E-state index is -4.40. The molecule has 0 bridgehead atoms. The highest BCUT2D eigenvalue weighted by Crippen LogP contribution is 2.32. The van der Waals surface area contributed by atoms with Crippen molar-refractivity contribution >= 4 is 11.2 Å². The van der Waals surface area contributed by atoms with Crippen LogP contribution in [0.4, 0.5) is 13.2 Å². The summed E-state index contributed by atoms with van der Waals surface area (Å²) in [5, 5.41) is 3.25. The maximum absolute atomic E-state index is 13.0. The first kappa shape index (κ1) is 16.8. The summed E-state index contributed by atoms with van der Waals surface area (Å²) in [5.74, 6) is 0. The van der Waals surface area contributed by atoms with Crippen LogP contribution in [0, 0.1) is 0 Å². The van der Waals surface area contributed by atoms with Gasteiger partial charge >= 0.3 is 11.9 Å². The molecular weight excluding hydrogens is 345 g/mol. The predicted molar refractivity (Wildman–Crippen MR) is 91.8 cm³/mol. The highest BCUT2D eigenvalue weighted by molar-refractivity contribution is 5.79. The van der Waals surface area contributed by atoms with Crippen molar-refractivity contribution in [3.63, 3.8) is 0 Å². The maximum Gasteiger partial charge on any atom is 0.416 e. The van der Waals surface area contributed by atoms with Crippen molar-refractivity contribution in [2.24, 2.45) is 7.05 Å². The SMILES string of the molecule is Cn1c(=O)n(C[C@H]2CCN2)c2cc(-c3cccc(C(F)(F)F)c3)cnc21. The van der Waals surface area contributed by atoms with Crippen LogP contribution < -0.4 is 11.0 Å². The van der Waals surface area contributed by atoms with Crippen molar-refractivity contribution in [3.05, 3.63) is 52.6 Å². The zero-order valence-electron chi connectivity index (χ0n) is 14.0. The third-order valence-corrected chi connectivity index (χ3v) is 4.83. The molecule has 1 saturated heterocycles. The van der Waals surface area contributed by atoms with Crippen molar-refractivity contribution in [1.82, 2.24) is 19.4 Å². The smallest absolute Gasteiger partial charge is 0.312 e. The van der Waals surface area contributed by atoms with E-state index in [1.807, 2.05) is 0 Å². The van der Waals surface area contributed by atoms with Gasteiger partial charge in [0.2, 0.25) is 0 Å². The van der Waals surface area contributed by atoms with E-state index in [1.54, 1.807) is 23.7 Å². The van der Waals surface area contributed by atoms with E-state index in [4.69, 9.17) is 0 Å². The van der Waals surface area contributed by atoms with Crippen LogP contribution in [-0.2, 0) is 19.8 Å². The second kappa shape index (κ2) is 5.98. The highest BCUT2D eigenvalue weighted by Gasteiger charge is 2.30. The number of alkyl halides is 3. The number of halogens is 3. The standard InChI is InChI=1S/C18H17F3N4O/c1-24-16-15(25(17(24)26)10-14-5-6-22-14)8-12(9-23-16)11-3-2-4-13(7-11)18(19,20)21/h2-4,7-9,14,22H,5-6,10H2,1H3/t14-/m1/s1. The first-order chi connectivity index (χ1) is 12.3. The van der Waals surface area contributed by atoms with Crippen LogP contribution in [0.1, 0.15) is 12.0 Å². The van der Waals surface area contributed by atoms with Crippen LogP contribution >= 0.6 is 0 Å². The van der Waals surface area contributed by atoms with Crippen molar-refractivity contribution in [2.45, 2.75) is 25.2 Å². The summed E-state index contributed by atoms with van der Waals surface area (Å²) in [6.07, 6.45) is -1.91. The van der Waals surface area contributed by atoms with Gasteiger partial charge in [-0.1, -0.05) is 12.1 Å². The molecule has 1 aliphatic heterocycles. The molecule has 0 unspecified atom stereocenters. The topological polar surface area (TPSA) is 51.9 Å². The Kier molecular flexibility index (Phi) is 3.87. The quantitative estimate of drug-likeness (QED) is 0.780. The number of rotatable bonds is 3. The lowest BCUT2D eigenvalue weighted by Crippen LogP contribution is -2.47. The lowest BCUT2D eigenvalue weighted by atomic mass is 10.0. The van der Waals surface area contributed by atoms with Gasteiger partial charge in [-0.2, -0.15) is 13.2 Å². The van der Waals surface area contributed by atoms with Crippen LogP contribution in [-0.4, -0.2) is 26.7 Å². The third kappa shape index (κ3) is 2.80. The summed E-state index contributed by atoms with van der Waals surface area (Å²) in [5.41, 5.74) is 1.22. The fourth-order valence-corrected chi connectivity index (χ4v) is 3.21. The molecule has 0 spiro atoms. The first-order valence-corrected chi connectivity index (χ1v) is 8.31. The van der Waals surface area contributed by atoms with Crippen molar-refractivity contribution < 1.29 is 13.2 Å². The van der Waals surface area contributed by atoms with E-state index < -0.39 is 11.7 Å². The Morgan fingerprint density at radius 3 is 2.69 bits per heavy atom. The lowest BCUT2D eigenvalue weighted by molar-refractivity contribution is -0.137. The fraction of sp³-hybridized carbons (Fsp3) is 0.333. The number of nitrogens with zero attached hydrogens (tertiary/aromatic N) is 3. The van der Waals surface area contributed by atoms with E-state index >= 15 is 0 Å². The van der Waals surface area contributed by atoms with Gasteiger partial charge in [-0.05, 0) is 36.7 Å². The van der Waals surface area contributed by atoms with Gasteiger partial charge < -0.3 is 5.32 Å². The van der Waals surface area contributed by atoms with Crippen LogP contribution in [0.3, 0.4) is 0 Å². The number of aromatic nitrogens is 3. The second-order valence-electron chi connectivity index (χ2n) is 6.54. The Labute approximate surface area is 147 Å². The molecule has 1 aromatic carbocycles. The van der Waals surface area contributed by atoms with Crippen LogP contribution in [0.25, 0.3) is 22.3 Å². The molecule has 2 aromatic heterocycles. The van der Waals surface area contributed by atoms with Crippen LogP contribution in [0.5, 0.6) is 0 Å². The molecule has 1 N–H and O–H groups in total. The molecule has 8 heteroatoms. The largest absolute Gasteiger partial charge is 0.416 e. The number of hydrogen-bond donors (Lipinski definition) is 1. The van der Waals surface area contributed by atoms with E-state index in [-0.39, 0.29) is 11.7 Å². The maximum atomic E-state index is 13.0. The van der Waals surface area contributed by atoms with Gasteiger partial charge in [0.15, 0.2) is 5.65 Å². The third-order valence-electron chi connectivity index (χ3n) is 4.83. The number of nitrogens with one attached hydrogen (secondary N) is 1. The molecule has 1 fully saturated rings. The van der Waals surface area contributed by atoms with Gasteiger partial charge in [0.1, 0.15) is 0 Å². The van der Waals surface area contributed by atoms with E-state index in [9.17, 15) is 18.0 Å². The Balaban J connectivity index is 1.82. The molecular formula is C18H17F3N4O. The zero-order chi connectivity index (χ0) is 18.5. The molecule has 3 heterocycles. The molecule has 3 aromatic rings. The van der Waals surface area contributed by atoms with Crippen molar-refractivity contribution in [2.75, 3.05) is 6.54 Å². The van der Waals surface area contributed by atoms with Gasteiger partial charge in [-0.15, -0.1) is 0 Å². The van der Waals surface area contributed by atoms with E-state index in [1.165, 1.54) is 16.8 Å².